The standard InChI is InChI=1S/C17H24N4OS/c1-5-15-18-13(10-23-15)9-16(22)21-8-6-7-14(21)17-11(2)19-20(4)12(17)3/h10,14H,5-9H2,1-4H3/t14-/m1/s1. The maximum absolute atomic E-state index is 12.8. The van der Waals surface area contributed by atoms with Crippen molar-refractivity contribution in [3.05, 3.63) is 33.0 Å². The third-order valence-electron chi connectivity index (χ3n) is 4.71. The Morgan fingerprint density at radius 1 is 1.43 bits per heavy atom. The predicted octanol–water partition coefficient (Wildman–Crippen LogP) is 2.96. The van der Waals surface area contributed by atoms with Gasteiger partial charge in [-0.15, -0.1) is 11.3 Å². The highest BCUT2D eigenvalue weighted by Crippen LogP contribution is 2.35. The summed E-state index contributed by atoms with van der Waals surface area (Å²) in [6.45, 7) is 7.05. The molecule has 0 bridgehead atoms. The van der Waals surface area contributed by atoms with Crippen molar-refractivity contribution in [3.8, 4) is 0 Å². The first kappa shape index (κ1) is 16.2. The van der Waals surface area contributed by atoms with Gasteiger partial charge >= 0.3 is 0 Å². The zero-order chi connectivity index (χ0) is 16.6. The molecule has 0 aromatic carbocycles. The maximum atomic E-state index is 12.8. The lowest BCUT2D eigenvalue weighted by Gasteiger charge is -2.25. The molecule has 124 valence electrons. The van der Waals surface area contributed by atoms with Gasteiger partial charge < -0.3 is 4.90 Å². The Labute approximate surface area is 141 Å². The van der Waals surface area contributed by atoms with E-state index in [2.05, 4.69) is 23.9 Å². The lowest BCUT2D eigenvalue weighted by atomic mass is 10.0. The van der Waals surface area contributed by atoms with Crippen LogP contribution >= 0.6 is 11.3 Å². The molecule has 2 aromatic rings. The second kappa shape index (κ2) is 6.43. The minimum atomic E-state index is 0.167. The van der Waals surface area contributed by atoms with E-state index < -0.39 is 0 Å². The first-order valence-electron chi connectivity index (χ1n) is 8.24. The van der Waals surface area contributed by atoms with Crippen LogP contribution in [0.4, 0.5) is 0 Å². The molecule has 3 heterocycles. The third-order valence-corrected chi connectivity index (χ3v) is 5.75. The summed E-state index contributed by atoms with van der Waals surface area (Å²) in [5, 5.41) is 7.63. The molecule has 0 unspecified atom stereocenters. The first-order valence-corrected chi connectivity index (χ1v) is 9.12. The highest BCUT2D eigenvalue weighted by Gasteiger charge is 2.33. The smallest absolute Gasteiger partial charge is 0.229 e. The summed E-state index contributed by atoms with van der Waals surface area (Å²) in [4.78, 5) is 19.4. The van der Waals surface area contributed by atoms with Crippen molar-refractivity contribution in [2.45, 2.75) is 52.5 Å². The molecule has 0 aliphatic carbocycles. The van der Waals surface area contributed by atoms with Crippen molar-refractivity contribution in [3.63, 3.8) is 0 Å². The van der Waals surface area contributed by atoms with E-state index in [0.717, 1.165) is 47.9 Å². The second-order valence-electron chi connectivity index (χ2n) is 6.22. The molecule has 0 N–H and O–H groups in total. The fraction of sp³-hybridized carbons (Fsp3) is 0.588. The molecule has 0 radical (unpaired) electrons. The number of rotatable bonds is 4. The molecule has 1 amide bonds. The number of thiazole rings is 1. The fourth-order valence-electron chi connectivity index (χ4n) is 3.49. The number of nitrogens with zero attached hydrogens (tertiary/aromatic N) is 4. The number of aromatic nitrogens is 3. The largest absolute Gasteiger partial charge is 0.335 e. The Balaban J connectivity index is 1.79. The summed E-state index contributed by atoms with van der Waals surface area (Å²) in [6.07, 6.45) is 3.42. The first-order chi connectivity index (χ1) is 11.0. The third kappa shape index (κ3) is 3.04. The fourth-order valence-corrected chi connectivity index (χ4v) is 4.23. The Hall–Kier alpha value is -1.69. The number of likely N-dealkylation sites (tertiary alicyclic amines) is 1. The Kier molecular flexibility index (Phi) is 4.53. The molecular weight excluding hydrogens is 308 g/mol. The Morgan fingerprint density at radius 3 is 2.83 bits per heavy atom. The van der Waals surface area contributed by atoms with Crippen molar-refractivity contribution in [1.82, 2.24) is 19.7 Å². The van der Waals surface area contributed by atoms with Crippen molar-refractivity contribution < 1.29 is 4.79 Å². The van der Waals surface area contributed by atoms with Crippen LogP contribution in [-0.2, 0) is 24.7 Å². The number of carbonyl (C=O) groups excluding carboxylic acids is 1. The molecule has 5 nitrogen and oxygen atoms in total. The normalized spacial score (nSPS) is 17.9. The van der Waals surface area contributed by atoms with Crippen LogP contribution in [0.3, 0.4) is 0 Å². The minimum Gasteiger partial charge on any atom is -0.335 e. The van der Waals surface area contributed by atoms with Gasteiger partial charge in [-0.05, 0) is 33.1 Å². The molecule has 6 heteroatoms. The van der Waals surface area contributed by atoms with Crippen molar-refractivity contribution in [2.75, 3.05) is 6.54 Å². The quantitative estimate of drug-likeness (QED) is 0.865. The Morgan fingerprint density at radius 2 is 2.22 bits per heavy atom. The van der Waals surface area contributed by atoms with Gasteiger partial charge in [0.1, 0.15) is 0 Å². The lowest BCUT2D eigenvalue weighted by Crippen LogP contribution is -2.32. The number of aryl methyl sites for hydroxylation is 3. The van der Waals surface area contributed by atoms with Crippen LogP contribution in [0.15, 0.2) is 5.38 Å². The zero-order valence-corrected chi connectivity index (χ0v) is 15.1. The van der Waals surface area contributed by atoms with E-state index in [9.17, 15) is 4.79 Å². The SMILES string of the molecule is CCc1nc(CC(=O)N2CCC[C@@H]2c2c(C)nn(C)c2C)cs1. The van der Waals surface area contributed by atoms with E-state index in [1.165, 1.54) is 5.56 Å². The molecule has 1 saturated heterocycles. The van der Waals surface area contributed by atoms with Gasteiger partial charge in [0.05, 0.1) is 28.9 Å². The summed E-state index contributed by atoms with van der Waals surface area (Å²) in [5.74, 6) is 0.183. The van der Waals surface area contributed by atoms with E-state index >= 15 is 0 Å². The van der Waals surface area contributed by atoms with Crippen LogP contribution in [0.1, 0.15) is 53.5 Å². The van der Waals surface area contributed by atoms with E-state index in [0.29, 0.717) is 6.42 Å². The monoisotopic (exact) mass is 332 g/mol. The summed E-state index contributed by atoms with van der Waals surface area (Å²) in [5.41, 5.74) is 4.33. The average molecular weight is 332 g/mol. The van der Waals surface area contributed by atoms with Crippen molar-refractivity contribution >= 4 is 17.2 Å². The van der Waals surface area contributed by atoms with Gasteiger partial charge in [0.2, 0.25) is 5.91 Å². The molecule has 23 heavy (non-hydrogen) atoms. The summed E-state index contributed by atoms with van der Waals surface area (Å²) in [6, 6.07) is 0.167. The van der Waals surface area contributed by atoms with Gasteiger partial charge in [0.15, 0.2) is 0 Å². The molecule has 1 fully saturated rings. The number of carbonyl (C=O) groups is 1. The predicted molar refractivity (Wildman–Crippen MR) is 91.6 cm³/mol. The molecule has 1 aliphatic rings. The molecule has 1 atom stereocenters. The van der Waals surface area contributed by atoms with Gasteiger partial charge in [0.25, 0.3) is 0 Å². The zero-order valence-electron chi connectivity index (χ0n) is 14.3. The van der Waals surface area contributed by atoms with Gasteiger partial charge in [-0.2, -0.15) is 5.10 Å². The van der Waals surface area contributed by atoms with Gasteiger partial charge in [0, 0.05) is 30.2 Å². The molecule has 1 aliphatic heterocycles. The molecule has 0 saturated carbocycles. The lowest BCUT2D eigenvalue weighted by molar-refractivity contribution is -0.131. The van der Waals surface area contributed by atoms with E-state index in [4.69, 9.17) is 0 Å². The maximum Gasteiger partial charge on any atom is 0.229 e. The summed E-state index contributed by atoms with van der Waals surface area (Å²) >= 11 is 1.64. The van der Waals surface area contributed by atoms with Crippen LogP contribution in [0.2, 0.25) is 0 Å². The van der Waals surface area contributed by atoms with Crippen molar-refractivity contribution in [1.29, 1.82) is 0 Å². The van der Waals surface area contributed by atoms with Gasteiger partial charge in [-0.3, -0.25) is 9.48 Å². The van der Waals surface area contributed by atoms with Crippen LogP contribution < -0.4 is 0 Å². The molecular formula is C17H24N4OS. The summed E-state index contributed by atoms with van der Waals surface area (Å²) < 4.78 is 1.92. The highest BCUT2D eigenvalue weighted by atomic mass is 32.1. The average Bonchev–Trinajstić information content (AvgIpc) is 3.20. The van der Waals surface area contributed by atoms with E-state index in [1.54, 1.807) is 11.3 Å². The minimum absolute atomic E-state index is 0.167. The number of hydrogen-bond donors (Lipinski definition) is 0. The van der Waals surface area contributed by atoms with Crippen LogP contribution in [-0.4, -0.2) is 32.1 Å². The molecule has 0 spiro atoms. The van der Waals surface area contributed by atoms with Crippen molar-refractivity contribution in [2.24, 2.45) is 7.05 Å². The van der Waals surface area contributed by atoms with Crippen LogP contribution in [0.5, 0.6) is 0 Å². The Bertz CT molecular complexity index is 718. The van der Waals surface area contributed by atoms with Crippen LogP contribution in [0.25, 0.3) is 0 Å². The van der Waals surface area contributed by atoms with E-state index in [-0.39, 0.29) is 11.9 Å². The highest BCUT2D eigenvalue weighted by molar-refractivity contribution is 7.09. The van der Waals surface area contributed by atoms with Crippen LogP contribution in [0, 0.1) is 13.8 Å². The number of amides is 1. The van der Waals surface area contributed by atoms with Gasteiger partial charge in [-0.1, -0.05) is 6.92 Å². The molecule has 3 rings (SSSR count). The second-order valence-corrected chi connectivity index (χ2v) is 7.16. The summed E-state index contributed by atoms with van der Waals surface area (Å²) in [7, 11) is 1.97. The van der Waals surface area contributed by atoms with E-state index in [1.807, 2.05) is 28.9 Å². The topological polar surface area (TPSA) is 51.0 Å². The number of hydrogen-bond acceptors (Lipinski definition) is 4. The van der Waals surface area contributed by atoms with Gasteiger partial charge in [-0.25, -0.2) is 4.98 Å². The molecule has 2 aromatic heterocycles.